The van der Waals surface area contributed by atoms with Gasteiger partial charge in [0.25, 0.3) is 5.91 Å². The predicted molar refractivity (Wildman–Crippen MR) is 85.4 cm³/mol. The third kappa shape index (κ3) is 4.39. The SMILES string of the molecule is CC(C)(O)[C@@H](F)Cc1nccc(NC2CCOCC2F)c1C(N)=O. The van der Waals surface area contributed by atoms with Crippen molar-refractivity contribution in [2.24, 2.45) is 5.73 Å². The number of rotatable bonds is 6. The molecule has 134 valence electrons. The van der Waals surface area contributed by atoms with Crippen LogP contribution in [0.25, 0.3) is 0 Å². The van der Waals surface area contributed by atoms with Gasteiger partial charge in [-0.25, -0.2) is 8.78 Å². The van der Waals surface area contributed by atoms with Gasteiger partial charge in [0.2, 0.25) is 0 Å². The fraction of sp³-hybridized carbons (Fsp3) is 0.625. The average Bonchev–Trinajstić information content (AvgIpc) is 2.48. The molecule has 2 heterocycles. The van der Waals surface area contributed by atoms with Crippen LogP contribution in [0.3, 0.4) is 0 Å². The third-order valence-electron chi connectivity index (χ3n) is 4.04. The summed E-state index contributed by atoms with van der Waals surface area (Å²) in [6.07, 6.45) is -1.29. The Morgan fingerprint density at radius 3 is 2.92 bits per heavy atom. The van der Waals surface area contributed by atoms with E-state index in [2.05, 4.69) is 10.3 Å². The van der Waals surface area contributed by atoms with Gasteiger partial charge >= 0.3 is 0 Å². The molecule has 0 saturated carbocycles. The topological polar surface area (TPSA) is 97.5 Å². The van der Waals surface area contributed by atoms with Crippen LogP contribution in [0.1, 0.15) is 36.3 Å². The van der Waals surface area contributed by atoms with E-state index >= 15 is 0 Å². The van der Waals surface area contributed by atoms with Crippen molar-refractivity contribution in [3.8, 4) is 0 Å². The number of alkyl halides is 2. The number of nitrogens with two attached hydrogens (primary N) is 1. The summed E-state index contributed by atoms with van der Waals surface area (Å²) in [5.74, 6) is -0.786. The van der Waals surface area contributed by atoms with Crippen molar-refractivity contribution in [3.63, 3.8) is 0 Å². The van der Waals surface area contributed by atoms with Gasteiger partial charge in [-0.2, -0.15) is 0 Å². The Labute approximate surface area is 139 Å². The van der Waals surface area contributed by atoms with Crippen LogP contribution in [0.4, 0.5) is 14.5 Å². The van der Waals surface area contributed by atoms with Crippen LogP contribution < -0.4 is 11.1 Å². The highest BCUT2D eigenvalue weighted by Crippen LogP contribution is 2.25. The fourth-order valence-electron chi connectivity index (χ4n) is 2.54. The van der Waals surface area contributed by atoms with Gasteiger partial charge in [-0.05, 0) is 26.3 Å². The Balaban J connectivity index is 2.28. The number of hydrogen-bond donors (Lipinski definition) is 3. The molecule has 3 atom stereocenters. The number of anilines is 1. The smallest absolute Gasteiger partial charge is 0.252 e. The Kier molecular flexibility index (Phi) is 5.71. The maximum absolute atomic E-state index is 14.2. The summed E-state index contributed by atoms with van der Waals surface area (Å²) in [7, 11) is 0. The first kappa shape index (κ1) is 18.5. The Bertz CT molecular complexity index is 592. The minimum atomic E-state index is -1.63. The van der Waals surface area contributed by atoms with Crippen molar-refractivity contribution in [1.29, 1.82) is 0 Å². The van der Waals surface area contributed by atoms with Crippen LogP contribution in [0.2, 0.25) is 0 Å². The lowest BCUT2D eigenvalue weighted by atomic mass is 9.96. The number of pyridine rings is 1. The number of nitrogens with one attached hydrogen (secondary N) is 1. The summed E-state index contributed by atoms with van der Waals surface area (Å²) in [5, 5.41) is 12.7. The molecule has 8 heteroatoms. The van der Waals surface area contributed by atoms with Crippen LogP contribution in [0.5, 0.6) is 0 Å². The lowest BCUT2D eigenvalue weighted by Gasteiger charge is -2.29. The van der Waals surface area contributed by atoms with Crippen LogP contribution in [0, 0.1) is 0 Å². The van der Waals surface area contributed by atoms with Gasteiger partial charge in [0.15, 0.2) is 0 Å². The van der Waals surface area contributed by atoms with E-state index in [-0.39, 0.29) is 24.3 Å². The second kappa shape index (κ2) is 7.40. The molecule has 24 heavy (non-hydrogen) atoms. The predicted octanol–water partition coefficient (Wildman–Crippen LogP) is 1.37. The number of amides is 1. The number of nitrogens with zero attached hydrogens (tertiary/aromatic N) is 1. The van der Waals surface area contributed by atoms with E-state index in [9.17, 15) is 18.7 Å². The number of aliphatic hydroxyl groups is 1. The van der Waals surface area contributed by atoms with Gasteiger partial charge in [0.1, 0.15) is 12.3 Å². The number of carbonyl (C=O) groups excluding carboxylic acids is 1. The second-order valence-electron chi connectivity index (χ2n) is 6.50. The minimum Gasteiger partial charge on any atom is -0.387 e. The zero-order chi connectivity index (χ0) is 17.9. The Hall–Kier alpha value is -1.80. The molecule has 1 aromatic rings. The molecule has 2 rings (SSSR count). The molecule has 1 fully saturated rings. The summed E-state index contributed by atoms with van der Waals surface area (Å²) < 4.78 is 33.1. The average molecular weight is 343 g/mol. The lowest BCUT2D eigenvalue weighted by molar-refractivity contribution is -0.00307. The molecular weight excluding hydrogens is 320 g/mol. The molecule has 0 spiro atoms. The van der Waals surface area contributed by atoms with Crippen LogP contribution >= 0.6 is 0 Å². The number of primary amides is 1. The molecule has 0 bridgehead atoms. The zero-order valence-corrected chi connectivity index (χ0v) is 13.8. The molecule has 2 unspecified atom stereocenters. The van der Waals surface area contributed by atoms with E-state index in [1.807, 2.05) is 0 Å². The van der Waals surface area contributed by atoms with E-state index in [0.29, 0.717) is 18.7 Å². The van der Waals surface area contributed by atoms with Crippen molar-refractivity contribution >= 4 is 11.6 Å². The minimum absolute atomic E-state index is 0.0168. The number of ether oxygens (including phenoxy) is 1. The van der Waals surface area contributed by atoms with E-state index < -0.39 is 29.9 Å². The third-order valence-corrected chi connectivity index (χ3v) is 4.04. The largest absolute Gasteiger partial charge is 0.387 e. The number of carbonyl (C=O) groups is 1. The highest BCUT2D eigenvalue weighted by Gasteiger charge is 2.31. The van der Waals surface area contributed by atoms with Gasteiger partial charge in [-0.1, -0.05) is 0 Å². The number of halogens is 2. The summed E-state index contributed by atoms with van der Waals surface area (Å²) in [5.41, 5.74) is 4.30. The van der Waals surface area contributed by atoms with E-state index in [0.717, 1.165) is 0 Å². The highest BCUT2D eigenvalue weighted by atomic mass is 19.1. The monoisotopic (exact) mass is 343 g/mol. The molecule has 0 aromatic carbocycles. The lowest BCUT2D eigenvalue weighted by Crippen LogP contribution is -2.40. The fourth-order valence-corrected chi connectivity index (χ4v) is 2.54. The van der Waals surface area contributed by atoms with Crippen molar-refractivity contribution in [2.45, 2.75) is 50.7 Å². The van der Waals surface area contributed by atoms with Gasteiger partial charge < -0.3 is 20.9 Å². The van der Waals surface area contributed by atoms with Gasteiger partial charge in [0, 0.05) is 19.2 Å². The van der Waals surface area contributed by atoms with Crippen molar-refractivity contribution < 1.29 is 23.4 Å². The first-order valence-electron chi connectivity index (χ1n) is 7.82. The summed E-state index contributed by atoms with van der Waals surface area (Å²) in [6.45, 7) is 3.05. The van der Waals surface area contributed by atoms with Gasteiger partial charge in [0.05, 0.1) is 35.2 Å². The zero-order valence-electron chi connectivity index (χ0n) is 13.8. The molecular formula is C16H23F2N3O3. The summed E-state index contributed by atoms with van der Waals surface area (Å²) >= 11 is 0. The molecule has 0 radical (unpaired) electrons. The molecule has 1 aliphatic rings. The van der Waals surface area contributed by atoms with Crippen molar-refractivity contribution in [1.82, 2.24) is 4.98 Å². The first-order valence-corrected chi connectivity index (χ1v) is 7.82. The van der Waals surface area contributed by atoms with Crippen molar-refractivity contribution in [3.05, 3.63) is 23.5 Å². The van der Waals surface area contributed by atoms with Crippen LogP contribution in [-0.4, -0.2) is 53.2 Å². The molecule has 1 amide bonds. The van der Waals surface area contributed by atoms with Crippen LogP contribution in [-0.2, 0) is 11.2 Å². The molecule has 1 aliphatic heterocycles. The second-order valence-corrected chi connectivity index (χ2v) is 6.50. The molecule has 6 nitrogen and oxygen atoms in total. The molecule has 1 aromatic heterocycles. The Morgan fingerprint density at radius 2 is 2.33 bits per heavy atom. The molecule has 4 N–H and O–H groups in total. The normalized spacial score (nSPS) is 22.9. The van der Waals surface area contributed by atoms with E-state index in [4.69, 9.17) is 10.5 Å². The highest BCUT2D eigenvalue weighted by molar-refractivity contribution is 5.99. The van der Waals surface area contributed by atoms with Crippen molar-refractivity contribution in [2.75, 3.05) is 18.5 Å². The van der Waals surface area contributed by atoms with Gasteiger partial charge in [-0.3, -0.25) is 9.78 Å². The number of hydrogen-bond acceptors (Lipinski definition) is 5. The molecule has 1 saturated heterocycles. The summed E-state index contributed by atoms with van der Waals surface area (Å²) in [4.78, 5) is 15.9. The number of aromatic nitrogens is 1. The first-order chi connectivity index (χ1) is 11.2. The van der Waals surface area contributed by atoms with Crippen LogP contribution in [0.15, 0.2) is 12.3 Å². The Morgan fingerprint density at radius 1 is 1.62 bits per heavy atom. The maximum atomic E-state index is 14.2. The molecule has 0 aliphatic carbocycles. The van der Waals surface area contributed by atoms with E-state index in [1.54, 1.807) is 0 Å². The summed E-state index contributed by atoms with van der Waals surface area (Å²) in [6, 6.07) is 0.978. The van der Waals surface area contributed by atoms with E-state index in [1.165, 1.54) is 26.1 Å². The quantitative estimate of drug-likeness (QED) is 0.725. The standard InChI is InChI=1S/C16H23F2N3O3/c1-16(2,23)13(18)7-12-14(15(19)22)11(3-5-20-12)21-10-4-6-24-8-9(10)17/h3,5,9-10,13,23H,4,6-8H2,1-2H3,(H2,19,22)(H,20,21)/t9?,10?,13-/m0/s1. The maximum Gasteiger partial charge on any atom is 0.252 e. The van der Waals surface area contributed by atoms with Gasteiger partial charge in [-0.15, -0.1) is 0 Å².